The molecular formula is C18H15F2N3O2S. The lowest BCUT2D eigenvalue weighted by Gasteiger charge is -2.08. The van der Waals surface area contributed by atoms with Gasteiger partial charge in [0.1, 0.15) is 15.8 Å². The summed E-state index contributed by atoms with van der Waals surface area (Å²) in [7, 11) is 0. The highest BCUT2D eigenvalue weighted by atomic mass is 32.1. The summed E-state index contributed by atoms with van der Waals surface area (Å²) in [4.78, 5) is 12.4. The predicted molar refractivity (Wildman–Crippen MR) is 95.6 cm³/mol. The molecule has 0 bridgehead atoms. The lowest BCUT2D eigenvalue weighted by molar-refractivity contribution is -0.0493. The molecule has 0 aliphatic heterocycles. The third kappa shape index (κ3) is 4.02. The Morgan fingerprint density at radius 2 is 2.00 bits per heavy atom. The smallest absolute Gasteiger partial charge is 0.387 e. The van der Waals surface area contributed by atoms with Crippen molar-refractivity contribution in [1.82, 2.24) is 10.2 Å². The standard InChI is InChI=1S/C18H15F2N3O2S/c1-10-4-2-3-5-12(10)17-23-22-16(26-17)9-14(24)11-6-7-15(13(21)8-11)25-18(19)20/h2-8,18H,9,21H2,1H3. The third-order valence-corrected chi connectivity index (χ3v) is 4.66. The number of aromatic nitrogens is 2. The number of hydrogen-bond acceptors (Lipinski definition) is 6. The van der Waals surface area contributed by atoms with Crippen molar-refractivity contribution in [1.29, 1.82) is 0 Å². The second-order valence-electron chi connectivity index (χ2n) is 5.55. The van der Waals surface area contributed by atoms with Crippen LogP contribution in [0.5, 0.6) is 5.75 Å². The highest BCUT2D eigenvalue weighted by Crippen LogP contribution is 2.28. The van der Waals surface area contributed by atoms with Gasteiger partial charge in [0.25, 0.3) is 0 Å². The van der Waals surface area contributed by atoms with Gasteiger partial charge in [-0.1, -0.05) is 35.6 Å². The molecule has 1 aromatic heterocycles. The van der Waals surface area contributed by atoms with Crippen LogP contribution >= 0.6 is 11.3 Å². The maximum Gasteiger partial charge on any atom is 0.387 e. The first-order valence-electron chi connectivity index (χ1n) is 7.70. The minimum atomic E-state index is -2.97. The average molecular weight is 375 g/mol. The van der Waals surface area contributed by atoms with Gasteiger partial charge in [0.05, 0.1) is 12.1 Å². The van der Waals surface area contributed by atoms with E-state index in [1.165, 1.54) is 29.5 Å². The quantitative estimate of drug-likeness (QED) is 0.518. The Morgan fingerprint density at radius 3 is 2.69 bits per heavy atom. The van der Waals surface area contributed by atoms with Crippen molar-refractivity contribution < 1.29 is 18.3 Å². The lowest BCUT2D eigenvalue weighted by Crippen LogP contribution is -2.07. The van der Waals surface area contributed by atoms with Gasteiger partial charge in [0, 0.05) is 11.1 Å². The molecule has 2 aromatic carbocycles. The van der Waals surface area contributed by atoms with Crippen LogP contribution in [0.25, 0.3) is 10.6 Å². The molecule has 2 N–H and O–H groups in total. The summed E-state index contributed by atoms with van der Waals surface area (Å²) in [5, 5.41) is 9.53. The molecule has 0 saturated heterocycles. The molecular weight excluding hydrogens is 360 g/mol. The molecule has 3 rings (SSSR count). The SMILES string of the molecule is Cc1ccccc1-c1nnc(CC(=O)c2ccc(OC(F)F)c(N)c2)s1. The van der Waals surface area contributed by atoms with Gasteiger partial charge in [-0.3, -0.25) is 4.79 Å². The number of carbonyl (C=O) groups excluding carboxylic acids is 1. The summed E-state index contributed by atoms with van der Waals surface area (Å²) in [5.74, 6) is -0.387. The van der Waals surface area contributed by atoms with E-state index < -0.39 is 6.61 Å². The van der Waals surface area contributed by atoms with Crippen LogP contribution in [-0.4, -0.2) is 22.6 Å². The second-order valence-corrected chi connectivity index (χ2v) is 6.61. The maximum absolute atomic E-state index is 12.4. The van der Waals surface area contributed by atoms with Crippen LogP contribution in [-0.2, 0) is 6.42 Å². The molecule has 3 aromatic rings. The van der Waals surface area contributed by atoms with Crippen LogP contribution in [0.2, 0.25) is 0 Å². The van der Waals surface area contributed by atoms with Crippen LogP contribution in [0.3, 0.4) is 0 Å². The Labute approximate surface area is 152 Å². The largest absolute Gasteiger partial charge is 0.433 e. The van der Waals surface area contributed by atoms with Crippen molar-refractivity contribution >= 4 is 22.8 Å². The Balaban J connectivity index is 1.75. The van der Waals surface area contributed by atoms with Crippen LogP contribution in [0.1, 0.15) is 20.9 Å². The predicted octanol–water partition coefficient (Wildman–Crippen LogP) is 4.12. The number of benzene rings is 2. The molecule has 0 atom stereocenters. The number of alkyl halides is 2. The number of nitrogens with zero attached hydrogens (tertiary/aromatic N) is 2. The Kier molecular flexibility index (Phi) is 5.22. The number of carbonyl (C=O) groups is 1. The van der Waals surface area contributed by atoms with Gasteiger partial charge in [-0.25, -0.2) is 0 Å². The monoisotopic (exact) mass is 375 g/mol. The summed E-state index contributed by atoms with van der Waals surface area (Å²) in [6.07, 6.45) is 0.0536. The Morgan fingerprint density at radius 1 is 1.23 bits per heavy atom. The molecule has 26 heavy (non-hydrogen) atoms. The van der Waals surface area contributed by atoms with Crippen LogP contribution in [0, 0.1) is 6.92 Å². The molecule has 0 amide bonds. The summed E-state index contributed by atoms with van der Waals surface area (Å²) in [6, 6.07) is 11.8. The zero-order chi connectivity index (χ0) is 18.7. The fraction of sp³-hybridized carbons (Fsp3) is 0.167. The molecule has 0 fully saturated rings. The van der Waals surface area contributed by atoms with Crippen molar-refractivity contribution in [2.75, 3.05) is 5.73 Å². The number of Topliss-reactive ketones (excluding diaryl/α,β-unsaturated/α-hetero) is 1. The number of nitrogens with two attached hydrogens (primary N) is 1. The summed E-state index contributed by atoms with van der Waals surface area (Å²) >= 11 is 1.34. The van der Waals surface area contributed by atoms with Gasteiger partial charge in [0.15, 0.2) is 5.78 Å². The first-order chi connectivity index (χ1) is 12.4. The zero-order valence-electron chi connectivity index (χ0n) is 13.8. The van der Waals surface area contributed by atoms with Crippen molar-refractivity contribution in [2.45, 2.75) is 20.0 Å². The molecule has 0 radical (unpaired) electrons. The zero-order valence-corrected chi connectivity index (χ0v) is 14.6. The number of halogens is 2. The molecule has 1 heterocycles. The number of hydrogen-bond donors (Lipinski definition) is 1. The van der Waals surface area contributed by atoms with E-state index in [1.807, 2.05) is 31.2 Å². The van der Waals surface area contributed by atoms with E-state index in [1.54, 1.807) is 0 Å². The molecule has 0 saturated carbocycles. The molecule has 0 unspecified atom stereocenters. The van der Waals surface area contributed by atoms with Gasteiger partial charge < -0.3 is 10.5 Å². The normalized spacial score (nSPS) is 10.9. The Hall–Kier alpha value is -2.87. The molecule has 0 aliphatic carbocycles. The molecule has 0 spiro atoms. The van der Waals surface area contributed by atoms with Crippen molar-refractivity contribution in [2.24, 2.45) is 0 Å². The minimum Gasteiger partial charge on any atom is -0.433 e. The van der Waals surface area contributed by atoms with Gasteiger partial charge in [-0.2, -0.15) is 8.78 Å². The number of aryl methyl sites for hydroxylation is 1. The molecule has 0 aliphatic rings. The van der Waals surface area contributed by atoms with E-state index in [0.717, 1.165) is 16.1 Å². The van der Waals surface area contributed by atoms with Crippen LogP contribution in [0.15, 0.2) is 42.5 Å². The highest BCUT2D eigenvalue weighted by Gasteiger charge is 2.15. The topological polar surface area (TPSA) is 78.1 Å². The van der Waals surface area contributed by atoms with Crippen molar-refractivity contribution in [3.8, 4) is 16.3 Å². The van der Waals surface area contributed by atoms with Crippen molar-refractivity contribution in [3.63, 3.8) is 0 Å². The number of ketones is 1. The fourth-order valence-corrected chi connectivity index (χ4v) is 3.34. The first kappa shape index (κ1) is 17.9. The van der Waals surface area contributed by atoms with E-state index in [0.29, 0.717) is 10.6 Å². The summed E-state index contributed by atoms with van der Waals surface area (Å²) in [5.41, 5.74) is 7.99. The summed E-state index contributed by atoms with van der Waals surface area (Å²) in [6.45, 7) is -0.993. The number of anilines is 1. The molecule has 5 nitrogen and oxygen atoms in total. The van der Waals surface area contributed by atoms with Crippen LogP contribution < -0.4 is 10.5 Å². The van der Waals surface area contributed by atoms with Crippen LogP contribution in [0.4, 0.5) is 14.5 Å². The number of nitrogen functional groups attached to an aromatic ring is 1. The average Bonchev–Trinajstić information content (AvgIpc) is 3.05. The third-order valence-electron chi connectivity index (χ3n) is 3.70. The number of rotatable bonds is 6. The lowest BCUT2D eigenvalue weighted by atomic mass is 10.1. The van der Waals surface area contributed by atoms with E-state index in [-0.39, 0.29) is 23.6 Å². The Bertz CT molecular complexity index is 944. The number of ether oxygens (including phenoxy) is 1. The van der Waals surface area contributed by atoms with Gasteiger partial charge in [-0.05, 0) is 30.7 Å². The fourth-order valence-electron chi connectivity index (χ4n) is 2.41. The minimum absolute atomic E-state index is 0.0194. The first-order valence-corrected chi connectivity index (χ1v) is 8.51. The van der Waals surface area contributed by atoms with E-state index in [4.69, 9.17) is 5.73 Å². The molecule has 134 valence electrons. The maximum atomic E-state index is 12.4. The second kappa shape index (κ2) is 7.57. The van der Waals surface area contributed by atoms with Gasteiger partial charge in [-0.15, -0.1) is 10.2 Å². The van der Waals surface area contributed by atoms with Gasteiger partial charge >= 0.3 is 6.61 Å². The van der Waals surface area contributed by atoms with E-state index in [9.17, 15) is 13.6 Å². The van der Waals surface area contributed by atoms with Crippen molar-refractivity contribution in [3.05, 3.63) is 58.6 Å². The van der Waals surface area contributed by atoms with Gasteiger partial charge in [0.2, 0.25) is 0 Å². The van der Waals surface area contributed by atoms with E-state index >= 15 is 0 Å². The molecule has 8 heteroatoms. The van der Waals surface area contributed by atoms with E-state index in [2.05, 4.69) is 14.9 Å². The summed E-state index contributed by atoms with van der Waals surface area (Å²) < 4.78 is 28.8. The highest BCUT2D eigenvalue weighted by molar-refractivity contribution is 7.14.